The van der Waals surface area contributed by atoms with Gasteiger partial charge in [0.15, 0.2) is 0 Å². The molecule has 0 aliphatic heterocycles. The molecule has 1 heteroatoms. The summed E-state index contributed by atoms with van der Waals surface area (Å²) in [5, 5.41) is 8.62. The van der Waals surface area contributed by atoms with Crippen molar-refractivity contribution in [1.29, 1.82) is 0 Å². The summed E-state index contributed by atoms with van der Waals surface area (Å²) < 4.78 is 0. The molecule has 0 saturated carbocycles. The maximum atomic E-state index is 8.62. The van der Waals surface area contributed by atoms with Crippen molar-refractivity contribution in [2.24, 2.45) is 11.8 Å². The highest BCUT2D eigenvalue weighted by Crippen LogP contribution is 2.21. The van der Waals surface area contributed by atoms with Crippen LogP contribution in [0.5, 0.6) is 0 Å². The lowest BCUT2D eigenvalue weighted by Crippen LogP contribution is -2.06. The average Bonchev–Trinajstić information content (AvgIpc) is 2.21. The number of hydrogen-bond acceptors (Lipinski definition) is 1. The molecule has 0 heterocycles. The molecule has 2 unspecified atom stereocenters. The monoisotopic (exact) mass is 200 g/mol. The smallest absolute Gasteiger partial charge is 0.0431 e. The molecule has 0 aromatic rings. The molecule has 0 spiro atoms. The Morgan fingerprint density at radius 3 is 2.00 bits per heavy atom. The van der Waals surface area contributed by atoms with Crippen LogP contribution in [0.1, 0.15) is 65.7 Å². The van der Waals surface area contributed by atoms with Gasteiger partial charge in [0, 0.05) is 6.61 Å². The minimum atomic E-state index is 0.364. The Hall–Kier alpha value is -0.0400. The van der Waals surface area contributed by atoms with Crippen molar-refractivity contribution in [2.75, 3.05) is 6.61 Å². The highest BCUT2D eigenvalue weighted by molar-refractivity contribution is 4.60. The van der Waals surface area contributed by atoms with Gasteiger partial charge in [-0.3, -0.25) is 0 Å². The van der Waals surface area contributed by atoms with Crippen molar-refractivity contribution >= 4 is 0 Å². The maximum Gasteiger partial charge on any atom is 0.0431 e. The van der Waals surface area contributed by atoms with Crippen LogP contribution in [-0.2, 0) is 0 Å². The molecule has 0 aliphatic carbocycles. The second kappa shape index (κ2) is 9.51. The van der Waals surface area contributed by atoms with Gasteiger partial charge < -0.3 is 5.11 Å². The van der Waals surface area contributed by atoms with Gasteiger partial charge in [0.1, 0.15) is 0 Å². The van der Waals surface area contributed by atoms with E-state index in [9.17, 15) is 0 Å². The summed E-state index contributed by atoms with van der Waals surface area (Å²) in [5.41, 5.74) is 0. The lowest BCUT2D eigenvalue weighted by Gasteiger charge is -2.17. The summed E-state index contributed by atoms with van der Waals surface area (Å²) in [6, 6.07) is 0. The van der Waals surface area contributed by atoms with Crippen LogP contribution in [0, 0.1) is 11.8 Å². The Kier molecular flexibility index (Phi) is 9.49. The van der Waals surface area contributed by atoms with Crippen molar-refractivity contribution in [3.8, 4) is 0 Å². The van der Waals surface area contributed by atoms with E-state index in [1.165, 1.54) is 38.5 Å². The fourth-order valence-electron chi connectivity index (χ4n) is 1.80. The van der Waals surface area contributed by atoms with E-state index in [0.29, 0.717) is 6.61 Å². The van der Waals surface area contributed by atoms with Gasteiger partial charge in [0.2, 0.25) is 0 Å². The summed E-state index contributed by atoms with van der Waals surface area (Å²) in [6.45, 7) is 7.38. The Bertz CT molecular complexity index is 112. The van der Waals surface area contributed by atoms with Crippen LogP contribution in [0.2, 0.25) is 0 Å². The Labute approximate surface area is 89.9 Å². The van der Waals surface area contributed by atoms with E-state index < -0.39 is 0 Å². The fraction of sp³-hybridized carbons (Fsp3) is 1.00. The molecule has 0 aromatic carbocycles. The van der Waals surface area contributed by atoms with Crippen molar-refractivity contribution in [3.63, 3.8) is 0 Å². The molecule has 1 nitrogen and oxygen atoms in total. The second-order valence-corrected chi connectivity index (χ2v) is 4.64. The van der Waals surface area contributed by atoms with Crippen LogP contribution in [0.25, 0.3) is 0 Å². The minimum Gasteiger partial charge on any atom is -0.396 e. The molecular formula is C13H28O. The first-order chi connectivity index (χ1) is 6.72. The molecule has 1 N–H and O–H groups in total. The summed E-state index contributed by atoms with van der Waals surface area (Å²) in [7, 11) is 0. The number of unbranched alkanes of at least 4 members (excludes halogenated alkanes) is 4. The predicted molar refractivity (Wildman–Crippen MR) is 63.4 cm³/mol. The van der Waals surface area contributed by atoms with Crippen LogP contribution in [0.3, 0.4) is 0 Å². The third-order valence-corrected chi connectivity index (χ3v) is 3.43. The van der Waals surface area contributed by atoms with Gasteiger partial charge in [-0.25, -0.2) is 0 Å². The fourth-order valence-corrected chi connectivity index (χ4v) is 1.80. The molecule has 0 rings (SSSR count). The molecule has 0 radical (unpaired) electrons. The third kappa shape index (κ3) is 7.37. The highest BCUT2D eigenvalue weighted by Gasteiger charge is 2.08. The zero-order valence-electron chi connectivity index (χ0n) is 10.3. The van der Waals surface area contributed by atoms with Crippen molar-refractivity contribution in [3.05, 3.63) is 0 Å². The van der Waals surface area contributed by atoms with Gasteiger partial charge >= 0.3 is 0 Å². The van der Waals surface area contributed by atoms with E-state index in [-0.39, 0.29) is 0 Å². The molecule has 2 atom stereocenters. The van der Waals surface area contributed by atoms with E-state index >= 15 is 0 Å². The molecule has 0 aliphatic rings. The summed E-state index contributed by atoms with van der Waals surface area (Å²) >= 11 is 0. The van der Waals surface area contributed by atoms with E-state index in [1.54, 1.807) is 0 Å². The quantitative estimate of drug-likeness (QED) is 0.558. The van der Waals surface area contributed by atoms with E-state index in [2.05, 4.69) is 20.8 Å². The second-order valence-electron chi connectivity index (χ2n) is 4.64. The Balaban J connectivity index is 3.18. The molecule has 86 valence electrons. The first kappa shape index (κ1) is 14.0. The number of aliphatic hydroxyl groups is 1. The summed E-state index contributed by atoms with van der Waals surface area (Å²) in [5.74, 6) is 1.77. The molecular weight excluding hydrogens is 172 g/mol. The Morgan fingerprint density at radius 1 is 0.857 bits per heavy atom. The van der Waals surface area contributed by atoms with Gasteiger partial charge in [0.05, 0.1) is 0 Å². The molecule has 0 aromatic heterocycles. The van der Waals surface area contributed by atoms with Crippen LogP contribution in [0.15, 0.2) is 0 Å². The molecule has 0 amide bonds. The van der Waals surface area contributed by atoms with Gasteiger partial charge in [-0.1, -0.05) is 59.3 Å². The summed E-state index contributed by atoms with van der Waals surface area (Å²) in [4.78, 5) is 0. The summed E-state index contributed by atoms with van der Waals surface area (Å²) in [6.07, 6.45) is 8.90. The average molecular weight is 200 g/mol. The van der Waals surface area contributed by atoms with Crippen LogP contribution < -0.4 is 0 Å². The molecule has 0 fully saturated rings. The van der Waals surface area contributed by atoms with E-state index in [1.807, 2.05) is 0 Å². The molecule has 14 heavy (non-hydrogen) atoms. The van der Waals surface area contributed by atoms with Crippen LogP contribution >= 0.6 is 0 Å². The predicted octanol–water partition coefficient (Wildman–Crippen LogP) is 4.00. The normalized spacial score (nSPS) is 15.4. The van der Waals surface area contributed by atoms with Gasteiger partial charge in [-0.05, 0) is 18.3 Å². The Morgan fingerprint density at radius 2 is 1.43 bits per heavy atom. The topological polar surface area (TPSA) is 20.2 Å². The third-order valence-electron chi connectivity index (χ3n) is 3.43. The van der Waals surface area contributed by atoms with Gasteiger partial charge in [-0.2, -0.15) is 0 Å². The van der Waals surface area contributed by atoms with Crippen molar-refractivity contribution in [1.82, 2.24) is 0 Å². The van der Waals surface area contributed by atoms with Crippen molar-refractivity contribution in [2.45, 2.75) is 65.7 Å². The SMILES string of the molecule is CCC(C)C(C)CCCCCCCO. The number of aliphatic hydroxyl groups excluding tert-OH is 1. The lowest BCUT2D eigenvalue weighted by atomic mass is 9.89. The highest BCUT2D eigenvalue weighted by atomic mass is 16.2. The maximum absolute atomic E-state index is 8.62. The number of hydrogen-bond donors (Lipinski definition) is 1. The minimum absolute atomic E-state index is 0.364. The van der Waals surface area contributed by atoms with Gasteiger partial charge in [-0.15, -0.1) is 0 Å². The van der Waals surface area contributed by atoms with E-state index in [0.717, 1.165) is 18.3 Å². The zero-order valence-corrected chi connectivity index (χ0v) is 10.3. The standard InChI is InChI=1S/C13H28O/c1-4-12(2)13(3)10-8-6-5-7-9-11-14/h12-14H,4-11H2,1-3H3. The first-order valence-corrected chi connectivity index (χ1v) is 6.33. The lowest BCUT2D eigenvalue weighted by molar-refractivity contribution is 0.281. The van der Waals surface area contributed by atoms with Crippen LogP contribution in [0.4, 0.5) is 0 Å². The first-order valence-electron chi connectivity index (χ1n) is 6.33. The van der Waals surface area contributed by atoms with Crippen LogP contribution in [-0.4, -0.2) is 11.7 Å². The largest absolute Gasteiger partial charge is 0.396 e. The van der Waals surface area contributed by atoms with E-state index in [4.69, 9.17) is 5.11 Å². The van der Waals surface area contributed by atoms with Crippen molar-refractivity contribution < 1.29 is 5.11 Å². The molecule has 0 saturated heterocycles. The van der Waals surface area contributed by atoms with Gasteiger partial charge in [0.25, 0.3) is 0 Å². The number of rotatable bonds is 9. The molecule has 0 bridgehead atoms. The zero-order chi connectivity index (χ0) is 10.8.